The van der Waals surface area contributed by atoms with Gasteiger partial charge < -0.3 is 19.1 Å². The summed E-state index contributed by atoms with van der Waals surface area (Å²) in [5, 5.41) is 0. The zero-order valence-electron chi connectivity index (χ0n) is 17.3. The minimum absolute atomic E-state index is 0.0264. The van der Waals surface area contributed by atoms with Crippen LogP contribution >= 0.6 is 0 Å². The molecule has 2 aromatic rings. The summed E-state index contributed by atoms with van der Waals surface area (Å²) in [6.07, 6.45) is 0.273. The van der Waals surface area contributed by atoms with Crippen LogP contribution in [0.1, 0.15) is 13.3 Å². The first kappa shape index (κ1) is 21.9. The van der Waals surface area contributed by atoms with Crippen LogP contribution in [0.15, 0.2) is 47.4 Å². The first-order valence-corrected chi connectivity index (χ1v) is 11.1. The van der Waals surface area contributed by atoms with Gasteiger partial charge >= 0.3 is 0 Å². The first-order chi connectivity index (χ1) is 14.4. The van der Waals surface area contributed by atoms with Crippen molar-refractivity contribution in [2.45, 2.75) is 18.2 Å². The molecule has 1 fully saturated rings. The van der Waals surface area contributed by atoms with Crippen LogP contribution < -0.4 is 23.8 Å². The summed E-state index contributed by atoms with van der Waals surface area (Å²) in [6, 6.07) is 11.8. The second-order valence-corrected chi connectivity index (χ2v) is 8.61. The van der Waals surface area contributed by atoms with Crippen LogP contribution in [0.3, 0.4) is 0 Å². The number of carbonyl (C=O) groups excluding carboxylic acids is 1. The van der Waals surface area contributed by atoms with Crippen LogP contribution in [0.2, 0.25) is 0 Å². The summed E-state index contributed by atoms with van der Waals surface area (Å²) in [7, 11) is -0.909. The van der Waals surface area contributed by atoms with E-state index in [4.69, 9.17) is 14.2 Å². The maximum absolute atomic E-state index is 12.8. The van der Waals surface area contributed by atoms with Crippen LogP contribution in [0.5, 0.6) is 17.2 Å². The average Bonchev–Trinajstić information content (AvgIpc) is 3.13. The highest BCUT2D eigenvalue weighted by Crippen LogP contribution is 2.29. The van der Waals surface area contributed by atoms with Gasteiger partial charge in [0.2, 0.25) is 15.9 Å². The van der Waals surface area contributed by atoms with Crippen LogP contribution in [0.25, 0.3) is 0 Å². The molecule has 2 aromatic carbocycles. The van der Waals surface area contributed by atoms with E-state index in [0.29, 0.717) is 18.9 Å². The number of hydrogen-bond donors (Lipinski definition) is 1. The molecule has 1 unspecified atom stereocenters. The van der Waals surface area contributed by atoms with Crippen molar-refractivity contribution in [3.8, 4) is 17.2 Å². The molecule has 9 heteroatoms. The third kappa shape index (κ3) is 4.85. The second kappa shape index (κ2) is 9.36. The normalized spacial score (nSPS) is 16.6. The fraction of sp³-hybridized carbons (Fsp3) is 0.381. The fourth-order valence-corrected chi connectivity index (χ4v) is 4.62. The Bertz CT molecular complexity index is 991. The van der Waals surface area contributed by atoms with Gasteiger partial charge in [-0.05, 0) is 49.2 Å². The van der Waals surface area contributed by atoms with E-state index in [2.05, 4.69) is 4.72 Å². The van der Waals surface area contributed by atoms with Crippen LogP contribution in [0, 0.1) is 5.92 Å². The van der Waals surface area contributed by atoms with Gasteiger partial charge in [0.05, 0.1) is 20.8 Å². The molecule has 1 saturated heterocycles. The lowest BCUT2D eigenvalue weighted by Gasteiger charge is -2.18. The number of anilines is 1. The highest BCUT2D eigenvalue weighted by molar-refractivity contribution is 7.89. The topological polar surface area (TPSA) is 94.2 Å². The molecule has 0 bridgehead atoms. The van der Waals surface area contributed by atoms with Gasteiger partial charge in [-0.25, -0.2) is 13.1 Å². The minimum atomic E-state index is -3.80. The molecule has 30 heavy (non-hydrogen) atoms. The third-order valence-corrected chi connectivity index (χ3v) is 6.35. The van der Waals surface area contributed by atoms with Gasteiger partial charge in [-0.1, -0.05) is 0 Å². The average molecular weight is 435 g/mol. The molecule has 8 nitrogen and oxygen atoms in total. The number of rotatable bonds is 9. The molecule has 1 amide bonds. The van der Waals surface area contributed by atoms with Gasteiger partial charge in [-0.2, -0.15) is 0 Å². The molecule has 1 atom stereocenters. The summed E-state index contributed by atoms with van der Waals surface area (Å²) in [6.45, 7) is 3.07. The van der Waals surface area contributed by atoms with Crippen LogP contribution in [-0.2, 0) is 14.8 Å². The standard InChI is InChI=1S/C21H26N2O6S/c1-4-29-17-7-5-16(6-8-17)23-14-15(11-21(23)24)13-22-30(25,26)20-10-9-18(27-2)12-19(20)28-3/h5-10,12,15,22H,4,11,13-14H2,1-3H3. The van der Waals surface area contributed by atoms with E-state index in [9.17, 15) is 13.2 Å². The van der Waals surface area contributed by atoms with Gasteiger partial charge in [0.1, 0.15) is 22.1 Å². The molecule has 3 rings (SSSR count). The number of amides is 1. The minimum Gasteiger partial charge on any atom is -0.497 e. The molecular formula is C21H26N2O6S. The Morgan fingerprint density at radius 1 is 1.07 bits per heavy atom. The lowest BCUT2D eigenvalue weighted by atomic mass is 10.1. The number of methoxy groups -OCH3 is 2. The first-order valence-electron chi connectivity index (χ1n) is 9.63. The van der Waals surface area contributed by atoms with Crippen molar-refractivity contribution < 1.29 is 27.4 Å². The molecule has 0 spiro atoms. The van der Waals surface area contributed by atoms with Crippen molar-refractivity contribution in [2.75, 3.05) is 38.8 Å². The Hall–Kier alpha value is -2.78. The highest BCUT2D eigenvalue weighted by Gasteiger charge is 2.32. The van der Waals surface area contributed by atoms with Crippen molar-refractivity contribution in [3.63, 3.8) is 0 Å². The predicted octanol–water partition coefficient (Wildman–Crippen LogP) is 2.43. The van der Waals surface area contributed by atoms with Gasteiger partial charge in [-0.3, -0.25) is 4.79 Å². The lowest BCUT2D eigenvalue weighted by Crippen LogP contribution is -2.31. The molecular weight excluding hydrogens is 408 g/mol. The third-order valence-electron chi connectivity index (χ3n) is 4.89. The molecule has 1 aliphatic heterocycles. The summed E-state index contributed by atoms with van der Waals surface area (Å²) in [5.41, 5.74) is 0.769. The Kier molecular flexibility index (Phi) is 6.84. The molecule has 1 heterocycles. The Labute approximate surface area is 176 Å². The maximum Gasteiger partial charge on any atom is 0.244 e. The lowest BCUT2D eigenvalue weighted by molar-refractivity contribution is -0.117. The van der Waals surface area contributed by atoms with Crippen LogP contribution in [-0.4, -0.2) is 48.2 Å². The molecule has 162 valence electrons. The van der Waals surface area contributed by atoms with E-state index in [1.807, 2.05) is 31.2 Å². The number of sulfonamides is 1. The van der Waals surface area contributed by atoms with Crippen molar-refractivity contribution >= 4 is 21.6 Å². The number of benzene rings is 2. The van der Waals surface area contributed by atoms with Crippen LogP contribution in [0.4, 0.5) is 5.69 Å². The zero-order chi connectivity index (χ0) is 21.7. The number of nitrogens with zero attached hydrogens (tertiary/aromatic N) is 1. The van der Waals surface area contributed by atoms with Gasteiger partial charge in [-0.15, -0.1) is 0 Å². The largest absolute Gasteiger partial charge is 0.497 e. The summed E-state index contributed by atoms with van der Waals surface area (Å²) < 4.78 is 43.8. The quantitative estimate of drug-likeness (QED) is 0.652. The van der Waals surface area contributed by atoms with E-state index in [1.165, 1.54) is 26.4 Å². The molecule has 1 N–H and O–H groups in total. The summed E-state index contributed by atoms with van der Waals surface area (Å²) in [4.78, 5) is 14.1. The predicted molar refractivity (Wildman–Crippen MR) is 113 cm³/mol. The van der Waals surface area contributed by atoms with Gasteiger partial charge in [0.15, 0.2) is 0 Å². The summed E-state index contributed by atoms with van der Waals surface area (Å²) in [5.74, 6) is 1.26. The monoisotopic (exact) mass is 434 g/mol. The number of hydrogen-bond acceptors (Lipinski definition) is 6. The molecule has 0 aromatic heterocycles. The molecule has 1 aliphatic rings. The van der Waals surface area contributed by atoms with E-state index < -0.39 is 10.0 Å². The van der Waals surface area contributed by atoms with E-state index in [-0.39, 0.29) is 35.4 Å². The smallest absolute Gasteiger partial charge is 0.244 e. The van der Waals surface area contributed by atoms with Gasteiger partial charge in [0.25, 0.3) is 0 Å². The SMILES string of the molecule is CCOc1ccc(N2CC(CNS(=O)(=O)c3ccc(OC)cc3OC)CC2=O)cc1. The van der Waals surface area contributed by atoms with Crippen molar-refractivity contribution in [1.29, 1.82) is 0 Å². The summed E-state index contributed by atoms with van der Waals surface area (Å²) >= 11 is 0. The number of ether oxygens (including phenoxy) is 3. The molecule has 0 radical (unpaired) electrons. The van der Waals surface area contributed by atoms with Crippen molar-refractivity contribution in [1.82, 2.24) is 4.72 Å². The zero-order valence-corrected chi connectivity index (χ0v) is 18.1. The Morgan fingerprint density at radius 3 is 2.40 bits per heavy atom. The van der Waals surface area contributed by atoms with Gasteiger partial charge in [0, 0.05) is 31.3 Å². The van der Waals surface area contributed by atoms with E-state index in [0.717, 1.165) is 11.4 Å². The van der Waals surface area contributed by atoms with E-state index >= 15 is 0 Å². The maximum atomic E-state index is 12.8. The Balaban J connectivity index is 1.65. The highest BCUT2D eigenvalue weighted by atomic mass is 32.2. The van der Waals surface area contributed by atoms with Crippen molar-refractivity contribution in [3.05, 3.63) is 42.5 Å². The number of carbonyl (C=O) groups is 1. The second-order valence-electron chi connectivity index (χ2n) is 6.87. The molecule has 0 saturated carbocycles. The fourth-order valence-electron chi connectivity index (χ4n) is 3.36. The molecule has 0 aliphatic carbocycles. The Morgan fingerprint density at radius 2 is 1.77 bits per heavy atom. The number of nitrogens with one attached hydrogen (secondary N) is 1. The van der Waals surface area contributed by atoms with E-state index in [1.54, 1.807) is 11.0 Å². The van der Waals surface area contributed by atoms with Crippen molar-refractivity contribution in [2.24, 2.45) is 5.92 Å².